The standard InChI is InChI=1S/C16H21BrN2O3/c1-10-3-8-13(18-10)15(20)19-14(16(21)22-2)9-11-4-6-12(17)7-5-11/h4-7,10,13-14,18H,3,8-9H2,1-2H3,(H,19,20)/t10?,13-,14-/m0/s1. The highest BCUT2D eigenvalue weighted by Gasteiger charge is 2.30. The van der Waals surface area contributed by atoms with Gasteiger partial charge in [-0.2, -0.15) is 0 Å². The second kappa shape index (κ2) is 7.74. The lowest BCUT2D eigenvalue weighted by molar-refractivity contribution is -0.145. The van der Waals surface area contributed by atoms with Gasteiger partial charge in [0.05, 0.1) is 13.2 Å². The van der Waals surface area contributed by atoms with Gasteiger partial charge >= 0.3 is 5.97 Å². The van der Waals surface area contributed by atoms with Gasteiger partial charge in [0.1, 0.15) is 6.04 Å². The lowest BCUT2D eigenvalue weighted by Gasteiger charge is -2.19. The molecule has 1 heterocycles. The van der Waals surface area contributed by atoms with E-state index in [1.165, 1.54) is 7.11 Å². The highest BCUT2D eigenvalue weighted by Crippen LogP contribution is 2.14. The first kappa shape index (κ1) is 17.0. The van der Waals surface area contributed by atoms with E-state index in [1.54, 1.807) is 0 Å². The summed E-state index contributed by atoms with van der Waals surface area (Å²) in [4.78, 5) is 24.2. The molecule has 1 aliphatic heterocycles. The largest absolute Gasteiger partial charge is 0.467 e. The smallest absolute Gasteiger partial charge is 0.328 e. The van der Waals surface area contributed by atoms with Crippen LogP contribution in [0.2, 0.25) is 0 Å². The Bertz CT molecular complexity index is 533. The Labute approximate surface area is 138 Å². The number of nitrogens with one attached hydrogen (secondary N) is 2. The molecule has 6 heteroatoms. The molecule has 1 aliphatic rings. The molecule has 0 aromatic heterocycles. The number of hydrogen-bond acceptors (Lipinski definition) is 4. The lowest BCUT2D eigenvalue weighted by atomic mass is 10.1. The third-order valence-electron chi connectivity index (χ3n) is 3.85. The van der Waals surface area contributed by atoms with Crippen LogP contribution in [0.3, 0.4) is 0 Å². The van der Waals surface area contributed by atoms with Crippen molar-refractivity contribution in [2.75, 3.05) is 7.11 Å². The van der Waals surface area contributed by atoms with E-state index in [9.17, 15) is 9.59 Å². The summed E-state index contributed by atoms with van der Waals surface area (Å²) in [5, 5.41) is 6.02. The third kappa shape index (κ3) is 4.55. The van der Waals surface area contributed by atoms with Crippen molar-refractivity contribution in [3.8, 4) is 0 Å². The van der Waals surface area contributed by atoms with Crippen molar-refractivity contribution >= 4 is 27.8 Å². The monoisotopic (exact) mass is 368 g/mol. The van der Waals surface area contributed by atoms with Gasteiger partial charge < -0.3 is 15.4 Å². The summed E-state index contributed by atoms with van der Waals surface area (Å²) >= 11 is 3.38. The van der Waals surface area contributed by atoms with Crippen molar-refractivity contribution in [1.82, 2.24) is 10.6 Å². The van der Waals surface area contributed by atoms with Gasteiger partial charge in [0.15, 0.2) is 0 Å². The molecule has 1 unspecified atom stereocenters. The van der Waals surface area contributed by atoms with Crippen LogP contribution >= 0.6 is 15.9 Å². The van der Waals surface area contributed by atoms with E-state index in [1.807, 2.05) is 31.2 Å². The zero-order chi connectivity index (χ0) is 16.1. The van der Waals surface area contributed by atoms with Gasteiger partial charge in [0, 0.05) is 16.9 Å². The fourth-order valence-electron chi connectivity index (χ4n) is 2.60. The summed E-state index contributed by atoms with van der Waals surface area (Å²) < 4.78 is 5.78. The number of carbonyl (C=O) groups is 2. The quantitative estimate of drug-likeness (QED) is 0.777. The molecule has 1 aromatic carbocycles. The van der Waals surface area contributed by atoms with E-state index in [0.29, 0.717) is 12.5 Å². The van der Waals surface area contributed by atoms with Crippen LogP contribution in [-0.4, -0.2) is 37.1 Å². The Morgan fingerprint density at radius 2 is 2.05 bits per heavy atom. The average molecular weight is 369 g/mol. The number of carbonyl (C=O) groups excluding carboxylic acids is 2. The molecule has 2 N–H and O–H groups in total. The van der Waals surface area contributed by atoms with Crippen molar-refractivity contribution < 1.29 is 14.3 Å². The second-order valence-corrected chi connectivity index (χ2v) is 6.53. The summed E-state index contributed by atoms with van der Waals surface area (Å²) in [7, 11) is 1.33. The molecular formula is C16H21BrN2O3. The molecule has 120 valence electrons. The molecule has 1 saturated heterocycles. The topological polar surface area (TPSA) is 67.4 Å². The number of methoxy groups -OCH3 is 1. The number of hydrogen-bond donors (Lipinski definition) is 2. The highest BCUT2D eigenvalue weighted by molar-refractivity contribution is 9.10. The Morgan fingerprint density at radius 1 is 1.36 bits per heavy atom. The van der Waals surface area contributed by atoms with Gasteiger partial charge in [-0.1, -0.05) is 28.1 Å². The molecule has 0 bridgehead atoms. The van der Waals surface area contributed by atoms with Crippen molar-refractivity contribution in [3.63, 3.8) is 0 Å². The summed E-state index contributed by atoms with van der Waals surface area (Å²) in [5.74, 6) is -0.570. The number of benzene rings is 1. The molecule has 3 atom stereocenters. The van der Waals surface area contributed by atoms with Gasteiger partial charge in [-0.15, -0.1) is 0 Å². The van der Waals surface area contributed by atoms with E-state index < -0.39 is 12.0 Å². The zero-order valence-corrected chi connectivity index (χ0v) is 14.4. The van der Waals surface area contributed by atoms with Crippen LogP contribution < -0.4 is 10.6 Å². The van der Waals surface area contributed by atoms with Crippen LogP contribution in [0.5, 0.6) is 0 Å². The molecule has 1 fully saturated rings. The molecular weight excluding hydrogens is 348 g/mol. The van der Waals surface area contributed by atoms with Crippen LogP contribution in [0, 0.1) is 0 Å². The fraction of sp³-hybridized carbons (Fsp3) is 0.500. The van der Waals surface area contributed by atoms with E-state index in [-0.39, 0.29) is 11.9 Å². The highest BCUT2D eigenvalue weighted by atomic mass is 79.9. The van der Waals surface area contributed by atoms with Gasteiger partial charge in [-0.05, 0) is 37.5 Å². The first-order chi connectivity index (χ1) is 10.5. The maximum Gasteiger partial charge on any atom is 0.328 e. The fourth-order valence-corrected chi connectivity index (χ4v) is 2.86. The summed E-state index contributed by atoms with van der Waals surface area (Å²) in [5.41, 5.74) is 0.964. The Morgan fingerprint density at radius 3 is 2.59 bits per heavy atom. The maximum atomic E-state index is 12.3. The Hall–Kier alpha value is -1.40. The van der Waals surface area contributed by atoms with Crippen LogP contribution in [0.15, 0.2) is 28.7 Å². The first-order valence-corrected chi connectivity index (χ1v) is 8.17. The number of rotatable bonds is 5. The molecule has 1 aromatic rings. The Kier molecular flexibility index (Phi) is 5.97. The van der Waals surface area contributed by atoms with E-state index in [2.05, 4.69) is 26.6 Å². The minimum atomic E-state index is -0.670. The Balaban J connectivity index is 2.01. The predicted octanol–water partition coefficient (Wildman–Crippen LogP) is 1.79. The molecule has 0 aliphatic carbocycles. The summed E-state index contributed by atoms with van der Waals surface area (Å²) in [6.07, 6.45) is 2.17. The average Bonchev–Trinajstić information content (AvgIpc) is 2.94. The molecule has 1 amide bonds. The van der Waals surface area contributed by atoms with Crippen LogP contribution in [0.4, 0.5) is 0 Å². The van der Waals surface area contributed by atoms with Crippen molar-refractivity contribution in [1.29, 1.82) is 0 Å². The molecule has 0 spiro atoms. The third-order valence-corrected chi connectivity index (χ3v) is 4.37. The van der Waals surface area contributed by atoms with Crippen molar-refractivity contribution in [2.45, 2.75) is 44.3 Å². The maximum absolute atomic E-state index is 12.3. The van der Waals surface area contributed by atoms with Gasteiger partial charge in [0.25, 0.3) is 0 Å². The predicted molar refractivity (Wildman–Crippen MR) is 87.4 cm³/mol. The van der Waals surface area contributed by atoms with E-state index in [4.69, 9.17) is 4.74 Å². The van der Waals surface area contributed by atoms with Crippen LogP contribution in [0.1, 0.15) is 25.3 Å². The van der Waals surface area contributed by atoms with Gasteiger partial charge in [-0.25, -0.2) is 4.79 Å². The van der Waals surface area contributed by atoms with Crippen molar-refractivity contribution in [2.24, 2.45) is 0 Å². The zero-order valence-electron chi connectivity index (χ0n) is 12.8. The molecule has 22 heavy (non-hydrogen) atoms. The van der Waals surface area contributed by atoms with Gasteiger partial charge in [-0.3, -0.25) is 4.79 Å². The normalized spacial score (nSPS) is 22.1. The molecule has 5 nitrogen and oxygen atoms in total. The SMILES string of the molecule is COC(=O)[C@H](Cc1ccc(Br)cc1)NC(=O)[C@@H]1CCC(C)N1. The molecule has 2 rings (SSSR count). The lowest BCUT2D eigenvalue weighted by Crippen LogP contribution is -2.50. The van der Waals surface area contributed by atoms with Crippen LogP contribution in [0.25, 0.3) is 0 Å². The summed E-state index contributed by atoms with van der Waals surface area (Å²) in [6, 6.07) is 7.09. The molecule has 0 radical (unpaired) electrons. The number of amides is 1. The first-order valence-electron chi connectivity index (χ1n) is 7.38. The second-order valence-electron chi connectivity index (χ2n) is 5.61. The minimum Gasteiger partial charge on any atom is -0.467 e. The van der Waals surface area contributed by atoms with E-state index >= 15 is 0 Å². The van der Waals surface area contributed by atoms with Crippen LogP contribution in [-0.2, 0) is 20.7 Å². The number of ether oxygens (including phenoxy) is 1. The molecule has 0 saturated carbocycles. The number of esters is 1. The van der Waals surface area contributed by atoms with Gasteiger partial charge in [0.2, 0.25) is 5.91 Å². The van der Waals surface area contributed by atoms with E-state index in [0.717, 1.165) is 22.9 Å². The minimum absolute atomic E-state index is 0.142. The van der Waals surface area contributed by atoms with Crippen molar-refractivity contribution in [3.05, 3.63) is 34.3 Å². The summed E-state index contributed by atoms with van der Waals surface area (Å²) in [6.45, 7) is 2.05. The number of halogens is 1.